The summed E-state index contributed by atoms with van der Waals surface area (Å²) in [5.74, 6) is 0.799. The third kappa shape index (κ3) is 2.96. The standard InChI is InChI=1S/C15H18FN3O2/c1-10-17-15(18-21-10)13-7-4-8-19(13)9-14(20)11-5-2-3-6-12(11)16/h2-3,5-6,13-14,20H,4,7-9H2,1H3/t13-,14-/m0/s1. The predicted molar refractivity (Wildman–Crippen MR) is 73.9 cm³/mol. The summed E-state index contributed by atoms with van der Waals surface area (Å²) in [5, 5.41) is 14.2. The van der Waals surface area contributed by atoms with Crippen LogP contribution in [0.25, 0.3) is 0 Å². The lowest BCUT2D eigenvalue weighted by atomic mass is 10.1. The fourth-order valence-electron chi connectivity index (χ4n) is 2.85. The summed E-state index contributed by atoms with van der Waals surface area (Å²) in [5.41, 5.74) is 0.326. The molecule has 1 N–H and O–H groups in total. The molecule has 0 bridgehead atoms. The number of benzene rings is 1. The molecule has 0 amide bonds. The van der Waals surface area contributed by atoms with Gasteiger partial charge in [0.25, 0.3) is 0 Å². The minimum atomic E-state index is -0.861. The Morgan fingerprint density at radius 1 is 1.48 bits per heavy atom. The highest BCUT2D eigenvalue weighted by Crippen LogP contribution is 2.32. The summed E-state index contributed by atoms with van der Waals surface area (Å²) in [6, 6.07) is 6.35. The van der Waals surface area contributed by atoms with Gasteiger partial charge in [-0.25, -0.2) is 4.39 Å². The first-order valence-electron chi connectivity index (χ1n) is 7.12. The SMILES string of the molecule is Cc1nc([C@@H]2CCCN2C[C@H](O)c2ccccc2F)no1. The molecule has 0 aliphatic carbocycles. The zero-order chi connectivity index (χ0) is 14.8. The number of halogens is 1. The fraction of sp³-hybridized carbons (Fsp3) is 0.467. The van der Waals surface area contributed by atoms with Crippen molar-refractivity contribution in [1.29, 1.82) is 0 Å². The van der Waals surface area contributed by atoms with Gasteiger partial charge in [-0.1, -0.05) is 23.4 Å². The number of aliphatic hydroxyl groups excluding tert-OH is 1. The van der Waals surface area contributed by atoms with Crippen molar-refractivity contribution in [3.63, 3.8) is 0 Å². The van der Waals surface area contributed by atoms with Crippen LogP contribution in [0.5, 0.6) is 0 Å². The fourth-order valence-corrected chi connectivity index (χ4v) is 2.85. The van der Waals surface area contributed by atoms with Gasteiger partial charge >= 0.3 is 0 Å². The Morgan fingerprint density at radius 2 is 2.29 bits per heavy atom. The smallest absolute Gasteiger partial charge is 0.223 e. The lowest BCUT2D eigenvalue weighted by Gasteiger charge is -2.25. The van der Waals surface area contributed by atoms with Gasteiger partial charge in [-0.05, 0) is 25.5 Å². The van der Waals surface area contributed by atoms with Crippen LogP contribution >= 0.6 is 0 Å². The van der Waals surface area contributed by atoms with Gasteiger partial charge < -0.3 is 9.63 Å². The van der Waals surface area contributed by atoms with E-state index < -0.39 is 6.10 Å². The van der Waals surface area contributed by atoms with E-state index in [1.807, 2.05) is 0 Å². The van der Waals surface area contributed by atoms with Crippen molar-refractivity contribution in [1.82, 2.24) is 15.0 Å². The molecule has 0 spiro atoms. The van der Waals surface area contributed by atoms with E-state index in [4.69, 9.17) is 4.52 Å². The normalized spacial score (nSPS) is 20.8. The van der Waals surface area contributed by atoms with E-state index >= 15 is 0 Å². The topological polar surface area (TPSA) is 62.4 Å². The highest BCUT2D eigenvalue weighted by atomic mass is 19.1. The number of rotatable bonds is 4. The number of nitrogens with zero attached hydrogens (tertiary/aromatic N) is 3. The Hall–Kier alpha value is -1.79. The summed E-state index contributed by atoms with van der Waals surface area (Å²) in [4.78, 5) is 6.35. The zero-order valence-corrected chi connectivity index (χ0v) is 11.9. The van der Waals surface area contributed by atoms with E-state index in [0.29, 0.717) is 23.8 Å². The number of β-amino-alcohol motifs (C(OH)–C–C–N with tert-alkyl or cyclic N) is 1. The molecular formula is C15H18FN3O2. The number of aliphatic hydroxyl groups is 1. The van der Waals surface area contributed by atoms with E-state index in [9.17, 15) is 9.50 Å². The molecule has 1 fully saturated rings. The van der Waals surface area contributed by atoms with Crippen molar-refractivity contribution in [3.8, 4) is 0 Å². The Balaban J connectivity index is 1.73. The van der Waals surface area contributed by atoms with E-state index in [1.54, 1.807) is 25.1 Å². The number of hydrogen-bond donors (Lipinski definition) is 1. The third-order valence-electron chi connectivity index (χ3n) is 3.88. The second kappa shape index (κ2) is 5.91. The van der Waals surface area contributed by atoms with Crippen LogP contribution < -0.4 is 0 Å². The number of aromatic nitrogens is 2. The Kier molecular flexibility index (Phi) is 3.98. The molecule has 1 aliphatic rings. The van der Waals surface area contributed by atoms with Gasteiger partial charge in [-0.15, -0.1) is 0 Å². The van der Waals surface area contributed by atoms with E-state index in [2.05, 4.69) is 15.0 Å². The first kappa shape index (κ1) is 14.2. The molecule has 5 nitrogen and oxygen atoms in total. The number of hydrogen-bond acceptors (Lipinski definition) is 5. The quantitative estimate of drug-likeness (QED) is 0.937. The minimum absolute atomic E-state index is 0.0314. The largest absolute Gasteiger partial charge is 0.387 e. The molecule has 2 atom stereocenters. The lowest BCUT2D eigenvalue weighted by Crippen LogP contribution is -2.29. The molecule has 1 saturated heterocycles. The highest BCUT2D eigenvalue weighted by Gasteiger charge is 2.31. The molecule has 1 aromatic carbocycles. The first-order chi connectivity index (χ1) is 10.1. The molecule has 112 valence electrons. The van der Waals surface area contributed by atoms with Crippen LogP contribution in [0.4, 0.5) is 4.39 Å². The maximum atomic E-state index is 13.7. The van der Waals surface area contributed by atoms with E-state index in [-0.39, 0.29) is 11.9 Å². The van der Waals surface area contributed by atoms with Crippen molar-refractivity contribution in [2.45, 2.75) is 31.9 Å². The average molecular weight is 291 g/mol. The molecule has 3 rings (SSSR count). The molecule has 21 heavy (non-hydrogen) atoms. The second-order valence-corrected chi connectivity index (χ2v) is 5.36. The molecule has 1 aliphatic heterocycles. The number of likely N-dealkylation sites (tertiary alicyclic amines) is 1. The maximum absolute atomic E-state index is 13.7. The molecule has 0 saturated carbocycles. The Morgan fingerprint density at radius 3 is 3.00 bits per heavy atom. The van der Waals surface area contributed by atoms with Gasteiger partial charge in [0, 0.05) is 19.0 Å². The first-order valence-corrected chi connectivity index (χ1v) is 7.12. The van der Waals surface area contributed by atoms with Crippen molar-refractivity contribution < 1.29 is 14.0 Å². The van der Waals surface area contributed by atoms with Gasteiger partial charge in [0.1, 0.15) is 5.82 Å². The molecule has 2 heterocycles. The van der Waals surface area contributed by atoms with Crippen LogP contribution in [-0.4, -0.2) is 33.2 Å². The van der Waals surface area contributed by atoms with Crippen LogP contribution in [0.1, 0.15) is 42.3 Å². The minimum Gasteiger partial charge on any atom is -0.387 e. The lowest BCUT2D eigenvalue weighted by molar-refractivity contribution is 0.101. The number of aryl methyl sites for hydroxylation is 1. The molecule has 2 aromatic rings. The maximum Gasteiger partial charge on any atom is 0.223 e. The zero-order valence-electron chi connectivity index (χ0n) is 11.9. The summed E-state index contributed by atoms with van der Waals surface area (Å²) >= 11 is 0. The van der Waals surface area contributed by atoms with Crippen LogP contribution in [0.3, 0.4) is 0 Å². The van der Waals surface area contributed by atoms with Gasteiger partial charge in [-0.3, -0.25) is 4.90 Å². The summed E-state index contributed by atoms with van der Waals surface area (Å²) in [7, 11) is 0. The molecule has 0 radical (unpaired) electrons. The molecule has 0 unspecified atom stereocenters. The van der Waals surface area contributed by atoms with Gasteiger partial charge in [0.05, 0.1) is 12.1 Å². The van der Waals surface area contributed by atoms with Crippen LogP contribution in [0, 0.1) is 12.7 Å². The summed E-state index contributed by atoms with van der Waals surface area (Å²) in [6.45, 7) is 2.95. The predicted octanol–water partition coefficient (Wildman–Crippen LogP) is 2.39. The van der Waals surface area contributed by atoms with Crippen molar-refractivity contribution in [2.75, 3.05) is 13.1 Å². The third-order valence-corrected chi connectivity index (χ3v) is 3.88. The average Bonchev–Trinajstić information content (AvgIpc) is 3.08. The van der Waals surface area contributed by atoms with Crippen LogP contribution in [0.15, 0.2) is 28.8 Å². The van der Waals surface area contributed by atoms with Crippen molar-refractivity contribution >= 4 is 0 Å². The monoisotopic (exact) mass is 291 g/mol. The van der Waals surface area contributed by atoms with E-state index in [1.165, 1.54) is 6.07 Å². The summed E-state index contributed by atoms with van der Waals surface area (Å²) in [6.07, 6.45) is 1.06. The molecule has 1 aromatic heterocycles. The van der Waals surface area contributed by atoms with Gasteiger partial charge in [0.2, 0.25) is 5.89 Å². The summed E-state index contributed by atoms with van der Waals surface area (Å²) < 4.78 is 18.7. The van der Waals surface area contributed by atoms with Crippen molar-refractivity contribution in [2.24, 2.45) is 0 Å². The van der Waals surface area contributed by atoms with Gasteiger partial charge in [0.15, 0.2) is 5.82 Å². The van der Waals surface area contributed by atoms with E-state index in [0.717, 1.165) is 19.4 Å². The Bertz CT molecular complexity index is 616. The van der Waals surface area contributed by atoms with Gasteiger partial charge in [-0.2, -0.15) is 4.98 Å². The Labute approximate surface area is 122 Å². The second-order valence-electron chi connectivity index (χ2n) is 5.36. The van der Waals surface area contributed by atoms with Crippen LogP contribution in [0.2, 0.25) is 0 Å². The molecule has 6 heteroatoms. The van der Waals surface area contributed by atoms with Crippen molar-refractivity contribution in [3.05, 3.63) is 47.4 Å². The highest BCUT2D eigenvalue weighted by molar-refractivity contribution is 5.20. The van der Waals surface area contributed by atoms with Crippen LogP contribution in [-0.2, 0) is 0 Å². The molecular weight excluding hydrogens is 273 g/mol.